The van der Waals surface area contributed by atoms with E-state index in [0.29, 0.717) is 19.6 Å². The summed E-state index contributed by atoms with van der Waals surface area (Å²) in [5.74, 6) is 2.38. The second-order valence-electron chi connectivity index (χ2n) is 7.96. The Morgan fingerprint density at radius 2 is 1.79 bits per heavy atom. The van der Waals surface area contributed by atoms with Crippen molar-refractivity contribution in [2.24, 2.45) is 5.92 Å². The summed E-state index contributed by atoms with van der Waals surface area (Å²) in [7, 11) is 0. The maximum Gasteiger partial charge on any atom is 0.253 e. The second-order valence-corrected chi connectivity index (χ2v) is 7.96. The second kappa shape index (κ2) is 7.73. The molecule has 0 spiro atoms. The highest BCUT2D eigenvalue weighted by molar-refractivity contribution is 5.94. The molecule has 7 nitrogen and oxygen atoms in total. The predicted octanol–water partition coefficient (Wildman–Crippen LogP) is 1.95. The van der Waals surface area contributed by atoms with Crippen LogP contribution in [0.5, 0.6) is 0 Å². The number of carbonyl (C=O) groups is 2. The fourth-order valence-corrected chi connectivity index (χ4v) is 4.15. The first-order valence-corrected chi connectivity index (χ1v) is 10.1. The molecule has 2 amide bonds. The smallest absolute Gasteiger partial charge is 0.253 e. The molecule has 1 aromatic heterocycles. The number of nitrogens with zero attached hydrogens (tertiary/aromatic N) is 5. The van der Waals surface area contributed by atoms with Gasteiger partial charge in [-0.05, 0) is 18.6 Å². The average molecular weight is 381 g/mol. The molecule has 28 heavy (non-hydrogen) atoms. The summed E-state index contributed by atoms with van der Waals surface area (Å²) in [5.41, 5.74) is 0.728. The zero-order valence-corrected chi connectivity index (χ0v) is 16.5. The van der Waals surface area contributed by atoms with E-state index >= 15 is 0 Å². The molecule has 1 atom stereocenters. The maximum absolute atomic E-state index is 12.7. The van der Waals surface area contributed by atoms with Crippen molar-refractivity contribution in [2.45, 2.75) is 39.2 Å². The molecule has 2 aliphatic heterocycles. The number of rotatable bonds is 3. The molecule has 1 aromatic carbocycles. The number of fused-ring (bicyclic) bond motifs is 1. The van der Waals surface area contributed by atoms with Crippen LogP contribution >= 0.6 is 0 Å². The van der Waals surface area contributed by atoms with Crippen molar-refractivity contribution in [1.29, 1.82) is 0 Å². The van der Waals surface area contributed by atoms with Crippen LogP contribution in [0.25, 0.3) is 0 Å². The monoisotopic (exact) mass is 381 g/mol. The van der Waals surface area contributed by atoms with E-state index in [0.717, 1.165) is 43.1 Å². The predicted molar refractivity (Wildman–Crippen MR) is 105 cm³/mol. The molecule has 1 saturated heterocycles. The van der Waals surface area contributed by atoms with Gasteiger partial charge in [0.05, 0.1) is 0 Å². The Balaban J connectivity index is 1.46. The van der Waals surface area contributed by atoms with E-state index in [-0.39, 0.29) is 23.7 Å². The van der Waals surface area contributed by atoms with Gasteiger partial charge in [-0.2, -0.15) is 0 Å². The minimum Gasteiger partial charge on any atom is -0.340 e. The summed E-state index contributed by atoms with van der Waals surface area (Å²) in [6.07, 6.45) is 1.62. The highest BCUT2D eigenvalue weighted by atomic mass is 16.2. The first kappa shape index (κ1) is 18.7. The number of carbonyl (C=O) groups excluding carboxylic acids is 2. The lowest BCUT2D eigenvalue weighted by Crippen LogP contribution is -2.36. The maximum atomic E-state index is 12.7. The number of likely N-dealkylation sites (tertiary alicyclic amines) is 1. The lowest BCUT2D eigenvalue weighted by Gasteiger charge is -2.22. The Morgan fingerprint density at radius 1 is 1.00 bits per heavy atom. The number of amides is 2. The van der Waals surface area contributed by atoms with E-state index in [1.165, 1.54) is 0 Å². The molecule has 1 unspecified atom stereocenters. The quantitative estimate of drug-likeness (QED) is 0.815. The Kier molecular flexibility index (Phi) is 5.15. The fraction of sp³-hybridized carbons (Fsp3) is 0.524. The van der Waals surface area contributed by atoms with Gasteiger partial charge in [-0.1, -0.05) is 32.0 Å². The Labute approximate surface area is 165 Å². The molecule has 1 fully saturated rings. The molecular formula is C21H27N5O2. The van der Waals surface area contributed by atoms with E-state index in [1.54, 1.807) is 0 Å². The third-order valence-corrected chi connectivity index (χ3v) is 5.72. The van der Waals surface area contributed by atoms with Crippen LogP contribution in [0.2, 0.25) is 0 Å². The molecule has 0 radical (unpaired) electrons. The number of hydrogen-bond donors (Lipinski definition) is 0. The van der Waals surface area contributed by atoms with Gasteiger partial charge in [-0.25, -0.2) is 0 Å². The highest BCUT2D eigenvalue weighted by Crippen LogP contribution is 2.28. The van der Waals surface area contributed by atoms with Crippen LogP contribution in [0.4, 0.5) is 0 Å². The van der Waals surface area contributed by atoms with Crippen molar-refractivity contribution in [2.75, 3.05) is 26.2 Å². The van der Waals surface area contributed by atoms with Crippen molar-refractivity contribution < 1.29 is 9.59 Å². The van der Waals surface area contributed by atoms with Gasteiger partial charge in [0.1, 0.15) is 11.6 Å². The first-order valence-electron chi connectivity index (χ1n) is 10.1. The third kappa shape index (κ3) is 3.53. The van der Waals surface area contributed by atoms with Crippen molar-refractivity contribution in [3.8, 4) is 0 Å². The van der Waals surface area contributed by atoms with Crippen LogP contribution in [0, 0.1) is 5.92 Å². The standard InChI is InChI=1S/C21H27N5O2/c1-15(2)20(27)24-11-9-18-22-23-19(26(18)13-12-24)17-8-10-25(14-17)21(28)16-6-4-3-5-7-16/h3-7,15,17H,8-14H2,1-2H3. The van der Waals surface area contributed by atoms with Crippen LogP contribution in [-0.2, 0) is 17.8 Å². The Hall–Kier alpha value is -2.70. The van der Waals surface area contributed by atoms with E-state index < -0.39 is 0 Å². The minimum atomic E-state index is 0.00964. The van der Waals surface area contributed by atoms with Gasteiger partial charge in [0.25, 0.3) is 5.91 Å². The molecule has 0 N–H and O–H groups in total. The topological polar surface area (TPSA) is 71.3 Å². The molecule has 2 aliphatic rings. The molecule has 2 aromatic rings. The Morgan fingerprint density at radius 3 is 2.54 bits per heavy atom. The van der Waals surface area contributed by atoms with E-state index in [9.17, 15) is 9.59 Å². The average Bonchev–Trinajstić information content (AvgIpc) is 3.30. The van der Waals surface area contributed by atoms with Gasteiger partial charge >= 0.3 is 0 Å². The van der Waals surface area contributed by atoms with Crippen molar-refractivity contribution in [3.63, 3.8) is 0 Å². The van der Waals surface area contributed by atoms with Gasteiger partial charge in [0, 0.05) is 56.5 Å². The largest absolute Gasteiger partial charge is 0.340 e. The van der Waals surface area contributed by atoms with Gasteiger partial charge in [0.15, 0.2) is 0 Å². The molecular weight excluding hydrogens is 354 g/mol. The molecule has 0 saturated carbocycles. The summed E-state index contributed by atoms with van der Waals surface area (Å²) in [6.45, 7) is 7.39. The van der Waals surface area contributed by atoms with Gasteiger partial charge in [-0.15, -0.1) is 10.2 Å². The summed E-state index contributed by atoms with van der Waals surface area (Å²) in [4.78, 5) is 28.9. The summed E-state index contributed by atoms with van der Waals surface area (Å²) < 4.78 is 2.18. The van der Waals surface area contributed by atoms with Crippen LogP contribution < -0.4 is 0 Å². The van der Waals surface area contributed by atoms with Crippen LogP contribution in [0.1, 0.15) is 48.2 Å². The van der Waals surface area contributed by atoms with E-state index in [1.807, 2.05) is 54.0 Å². The van der Waals surface area contributed by atoms with Crippen molar-refractivity contribution >= 4 is 11.8 Å². The zero-order valence-electron chi connectivity index (χ0n) is 16.5. The summed E-state index contributed by atoms with van der Waals surface area (Å²) in [6, 6.07) is 9.42. The van der Waals surface area contributed by atoms with Crippen molar-refractivity contribution in [3.05, 3.63) is 47.5 Å². The zero-order chi connectivity index (χ0) is 19.7. The van der Waals surface area contributed by atoms with Crippen molar-refractivity contribution in [1.82, 2.24) is 24.6 Å². The van der Waals surface area contributed by atoms with E-state index in [4.69, 9.17) is 0 Å². The lowest BCUT2D eigenvalue weighted by atomic mass is 10.1. The molecule has 0 aliphatic carbocycles. The molecule has 0 bridgehead atoms. The van der Waals surface area contributed by atoms with Gasteiger partial charge in [0.2, 0.25) is 5.91 Å². The molecule has 4 rings (SSSR count). The van der Waals surface area contributed by atoms with Crippen LogP contribution in [0.15, 0.2) is 30.3 Å². The lowest BCUT2D eigenvalue weighted by molar-refractivity contribution is -0.134. The molecule has 7 heteroatoms. The van der Waals surface area contributed by atoms with Crippen LogP contribution in [-0.4, -0.2) is 62.6 Å². The highest BCUT2D eigenvalue weighted by Gasteiger charge is 2.33. The number of aromatic nitrogens is 3. The number of hydrogen-bond acceptors (Lipinski definition) is 4. The fourth-order valence-electron chi connectivity index (χ4n) is 4.15. The van der Waals surface area contributed by atoms with E-state index in [2.05, 4.69) is 14.8 Å². The Bertz CT molecular complexity index is 861. The number of benzene rings is 1. The summed E-state index contributed by atoms with van der Waals surface area (Å²) >= 11 is 0. The van der Waals surface area contributed by atoms with Gasteiger partial charge < -0.3 is 14.4 Å². The normalized spacial score (nSPS) is 19.6. The minimum absolute atomic E-state index is 0.00964. The van der Waals surface area contributed by atoms with Gasteiger partial charge in [-0.3, -0.25) is 9.59 Å². The molecule has 3 heterocycles. The summed E-state index contributed by atoms with van der Waals surface area (Å²) in [5, 5.41) is 8.86. The third-order valence-electron chi connectivity index (χ3n) is 5.72. The molecule has 148 valence electrons. The van der Waals surface area contributed by atoms with Crippen LogP contribution in [0.3, 0.4) is 0 Å². The SMILES string of the molecule is CC(C)C(=O)N1CCc2nnc(C3CCN(C(=O)c4ccccc4)C3)n2CC1. The first-order chi connectivity index (χ1) is 13.5.